The first-order valence-electron chi connectivity index (χ1n) is 9.56. The molecule has 3 atom stereocenters. The first-order valence-corrected chi connectivity index (χ1v) is 11.3. The summed E-state index contributed by atoms with van der Waals surface area (Å²) < 4.78 is 30.5. The minimum atomic E-state index is -3.23. The van der Waals surface area contributed by atoms with Crippen LogP contribution in [0.4, 0.5) is 0 Å². The van der Waals surface area contributed by atoms with E-state index in [0.29, 0.717) is 25.2 Å². The second kappa shape index (κ2) is 8.97. The van der Waals surface area contributed by atoms with Crippen molar-refractivity contribution in [3.8, 4) is 0 Å². The van der Waals surface area contributed by atoms with Gasteiger partial charge in [-0.25, -0.2) is 8.42 Å². The van der Waals surface area contributed by atoms with Crippen LogP contribution in [-0.4, -0.2) is 66.1 Å². The van der Waals surface area contributed by atoms with Gasteiger partial charge in [0.2, 0.25) is 0 Å². The molecule has 0 bridgehead atoms. The van der Waals surface area contributed by atoms with Crippen LogP contribution in [0.15, 0.2) is 34.9 Å². The lowest BCUT2D eigenvalue weighted by molar-refractivity contribution is -0.122. The van der Waals surface area contributed by atoms with Crippen LogP contribution in [0.3, 0.4) is 0 Å². The van der Waals surface area contributed by atoms with Crippen LogP contribution in [0.2, 0.25) is 0 Å². The monoisotopic (exact) mass is 435 g/mol. The topological polar surface area (TPSA) is 130 Å². The van der Waals surface area contributed by atoms with Gasteiger partial charge in [-0.05, 0) is 26.0 Å². The molecule has 10 heteroatoms. The Morgan fingerprint density at radius 3 is 2.57 bits per heavy atom. The summed E-state index contributed by atoms with van der Waals surface area (Å²) in [6.07, 6.45) is 0. The van der Waals surface area contributed by atoms with E-state index in [9.17, 15) is 13.2 Å². The number of sulfone groups is 1. The van der Waals surface area contributed by atoms with Gasteiger partial charge in [0.15, 0.2) is 9.84 Å². The molecule has 3 heterocycles. The smallest absolute Gasteiger partial charge is 0.290 e. The van der Waals surface area contributed by atoms with Crippen LogP contribution in [-0.2, 0) is 21.2 Å². The minimum Gasteiger partial charge on any atom is -0.483 e. The number of aryl methyl sites for hydroxylation is 2. The molecule has 4 rings (SSSR count). The number of rotatable bonds is 4. The summed E-state index contributed by atoms with van der Waals surface area (Å²) in [5, 5.41) is 13.4. The van der Waals surface area contributed by atoms with Gasteiger partial charge >= 0.3 is 0 Å². The number of nitrogens with zero attached hydrogens (tertiary/aromatic N) is 2. The molecular formula is C20H25N3O6S. The first-order chi connectivity index (χ1) is 14.3. The molecule has 162 valence electrons. The Hall–Kier alpha value is -2.72. The molecule has 0 spiro atoms. The molecule has 2 N–H and O–H groups in total. The summed E-state index contributed by atoms with van der Waals surface area (Å²) in [4.78, 5) is 23.0. The summed E-state index contributed by atoms with van der Waals surface area (Å²) in [5.74, 6) is 0.463. The van der Waals surface area contributed by atoms with Crippen molar-refractivity contribution in [3.63, 3.8) is 0 Å². The van der Waals surface area contributed by atoms with Gasteiger partial charge in [0.25, 0.3) is 12.4 Å². The Bertz CT molecular complexity index is 985. The predicted octanol–water partition coefficient (Wildman–Crippen LogP) is 1.02. The minimum absolute atomic E-state index is 0.0140. The van der Waals surface area contributed by atoms with Crippen LogP contribution >= 0.6 is 0 Å². The van der Waals surface area contributed by atoms with Gasteiger partial charge in [0.1, 0.15) is 5.76 Å². The quantitative estimate of drug-likeness (QED) is 0.681. The molecule has 0 saturated carbocycles. The highest BCUT2D eigenvalue weighted by Gasteiger charge is 2.52. The molecule has 2 saturated heterocycles. The van der Waals surface area contributed by atoms with Crippen LogP contribution in [0, 0.1) is 19.8 Å². The van der Waals surface area contributed by atoms with E-state index in [-0.39, 0.29) is 30.1 Å². The lowest BCUT2D eigenvalue weighted by Gasteiger charge is -2.21. The van der Waals surface area contributed by atoms with E-state index in [4.69, 9.17) is 14.4 Å². The van der Waals surface area contributed by atoms with Crippen molar-refractivity contribution in [1.82, 2.24) is 15.4 Å². The Morgan fingerprint density at radius 2 is 1.97 bits per heavy atom. The SMILES string of the molecule is Cc1noc(C)c1CN1C[C@H]2[C@H](NC(=O)c3ccccc3)CS(=O)(=O)[C@H]2C1.O=CO. The third-order valence-corrected chi connectivity index (χ3v) is 7.93. The fourth-order valence-corrected chi connectivity index (χ4v) is 6.54. The molecule has 30 heavy (non-hydrogen) atoms. The van der Waals surface area contributed by atoms with E-state index in [1.165, 1.54) is 0 Å². The highest BCUT2D eigenvalue weighted by Crippen LogP contribution is 2.35. The predicted molar refractivity (Wildman–Crippen MR) is 109 cm³/mol. The maximum atomic E-state index is 12.6. The highest BCUT2D eigenvalue weighted by molar-refractivity contribution is 7.92. The molecule has 0 aliphatic carbocycles. The van der Waals surface area contributed by atoms with Crippen LogP contribution in [0.25, 0.3) is 0 Å². The van der Waals surface area contributed by atoms with Crippen molar-refractivity contribution in [3.05, 3.63) is 52.9 Å². The number of nitrogens with one attached hydrogen (secondary N) is 1. The number of carbonyl (C=O) groups is 2. The van der Waals surface area contributed by atoms with E-state index in [1.807, 2.05) is 19.9 Å². The van der Waals surface area contributed by atoms with E-state index >= 15 is 0 Å². The summed E-state index contributed by atoms with van der Waals surface area (Å²) in [6, 6.07) is 8.54. The van der Waals surface area contributed by atoms with Gasteiger partial charge in [-0.15, -0.1) is 0 Å². The molecule has 2 aliphatic heterocycles. The lowest BCUT2D eigenvalue weighted by Crippen LogP contribution is -2.42. The zero-order valence-corrected chi connectivity index (χ0v) is 17.6. The Balaban J connectivity index is 0.000000806. The van der Waals surface area contributed by atoms with E-state index < -0.39 is 15.1 Å². The average molecular weight is 436 g/mol. The number of hydrogen-bond donors (Lipinski definition) is 2. The third-order valence-electron chi connectivity index (χ3n) is 5.69. The molecule has 2 fully saturated rings. The molecule has 2 aromatic rings. The number of fused-ring (bicyclic) bond motifs is 1. The Labute approximate surface area is 175 Å². The van der Waals surface area contributed by atoms with Gasteiger partial charge < -0.3 is 14.9 Å². The standard InChI is InChI=1S/C19H23N3O4S.CH2O2/c1-12-15(13(2)26-21-12)8-22-9-16-17(11-27(24,25)18(16)10-22)20-19(23)14-6-4-3-5-7-14;2-1-3/h3-7,16-18H,8-11H2,1-2H3,(H,20,23);1H,(H,2,3)/t16-,17+,18-;/m0./s1. The fourth-order valence-electron chi connectivity index (χ4n) is 4.21. The Morgan fingerprint density at radius 1 is 1.30 bits per heavy atom. The van der Waals surface area contributed by atoms with E-state index in [0.717, 1.165) is 17.0 Å². The van der Waals surface area contributed by atoms with E-state index in [1.54, 1.807) is 24.3 Å². The average Bonchev–Trinajstić information content (AvgIpc) is 3.34. The summed E-state index contributed by atoms with van der Waals surface area (Å²) in [6.45, 7) is 5.24. The number of benzene rings is 1. The maximum absolute atomic E-state index is 12.6. The number of aromatic nitrogens is 1. The van der Waals surface area contributed by atoms with Crippen LogP contribution in [0.1, 0.15) is 27.4 Å². The van der Waals surface area contributed by atoms with Gasteiger partial charge in [-0.3, -0.25) is 14.5 Å². The summed E-state index contributed by atoms with van der Waals surface area (Å²) >= 11 is 0. The second-order valence-corrected chi connectivity index (χ2v) is 9.84. The zero-order valence-electron chi connectivity index (χ0n) is 16.8. The number of hydrogen-bond acceptors (Lipinski definition) is 7. The molecule has 0 radical (unpaired) electrons. The molecule has 1 aromatic carbocycles. The number of likely N-dealkylation sites (tertiary alicyclic amines) is 1. The number of amides is 1. The number of carbonyl (C=O) groups excluding carboxylic acids is 1. The van der Waals surface area contributed by atoms with Crippen molar-refractivity contribution in [2.24, 2.45) is 5.92 Å². The first kappa shape index (κ1) is 22.0. The van der Waals surface area contributed by atoms with Gasteiger partial charge in [0, 0.05) is 42.7 Å². The fraction of sp³-hybridized carbons (Fsp3) is 0.450. The van der Waals surface area contributed by atoms with Crippen molar-refractivity contribution in [1.29, 1.82) is 0 Å². The van der Waals surface area contributed by atoms with Gasteiger partial charge in [-0.1, -0.05) is 23.4 Å². The second-order valence-electron chi connectivity index (χ2n) is 7.58. The van der Waals surface area contributed by atoms with Gasteiger partial charge in [-0.2, -0.15) is 0 Å². The third kappa shape index (κ3) is 4.54. The van der Waals surface area contributed by atoms with Crippen LogP contribution in [0.5, 0.6) is 0 Å². The molecule has 0 unspecified atom stereocenters. The van der Waals surface area contributed by atoms with Crippen LogP contribution < -0.4 is 5.32 Å². The molecule has 1 aromatic heterocycles. The largest absolute Gasteiger partial charge is 0.483 e. The number of carboxylic acid groups (broad SMARTS) is 1. The summed E-state index contributed by atoms with van der Waals surface area (Å²) in [5.41, 5.74) is 2.39. The Kier molecular flexibility index (Phi) is 6.57. The molecule has 2 aliphatic rings. The molecular weight excluding hydrogens is 410 g/mol. The van der Waals surface area contributed by atoms with Gasteiger partial charge in [0.05, 0.1) is 16.7 Å². The van der Waals surface area contributed by atoms with Crippen molar-refractivity contribution < 1.29 is 27.6 Å². The summed E-state index contributed by atoms with van der Waals surface area (Å²) in [7, 11) is -3.23. The zero-order chi connectivity index (χ0) is 21.9. The maximum Gasteiger partial charge on any atom is 0.290 e. The van der Waals surface area contributed by atoms with E-state index in [2.05, 4.69) is 15.4 Å². The molecule has 1 amide bonds. The van der Waals surface area contributed by atoms with Crippen molar-refractivity contribution >= 4 is 22.2 Å². The van der Waals surface area contributed by atoms with Crippen molar-refractivity contribution in [2.45, 2.75) is 31.7 Å². The normalized spacial score (nSPS) is 24.5. The molecule has 9 nitrogen and oxygen atoms in total. The highest BCUT2D eigenvalue weighted by atomic mass is 32.2. The van der Waals surface area contributed by atoms with Crippen molar-refractivity contribution in [2.75, 3.05) is 18.8 Å². The lowest BCUT2D eigenvalue weighted by atomic mass is 10.00.